The van der Waals surface area contributed by atoms with Crippen LogP contribution in [0, 0.1) is 0 Å². The molecule has 0 aliphatic carbocycles. The highest BCUT2D eigenvalue weighted by molar-refractivity contribution is 8.29. The van der Waals surface area contributed by atoms with Crippen LogP contribution in [0.4, 0.5) is 3.89 Å². The minimum absolute atomic E-state index is 0.729. The molecule has 1 heterocycles. The van der Waals surface area contributed by atoms with Crippen LogP contribution < -0.4 is 4.74 Å². The Morgan fingerprint density at radius 2 is 1.76 bits per heavy atom. The van der Waals surface area contributed by atoms with Gasteiger partial charge >= 0.3 is 0 Å². The van der Waals surface area contributed by atoms with Crippen LogP contribution in [-0.4, -0.2) is 18.1 Å². The summed E-state index contributed by atoms with van der Waals surface area (Å²) < 4.78 is 21.2. The van der Waals surface area contributed by atoms with Gasteiger partial charge in [-0.05, 0) is 36.8 Å². The molecular formula is C18H23FOS. The third kappa shape index (κ3) is 2.89. The van der Waals surface area contributed by atoms with Gasteiger partial charge in [0.25, 0.3) is 0 Å². The lowest BCUT2D eigenvalue weighted by Gasteiger charge is -2.27. The van der Waals surface area contributed by atoms with Gasteiger partial charge in [-0.25, -0.2) is 0 Å². The van der Waals surface area contributed by atoms with Crippen LogP contribution >= 0.6 is 10.4 Å². The molecule has 0 spiro atoms. The number of hydrogen-bond donors (Lipinski definition) is 0. The summed E-state index contributed by atoms with van der Waals surface area (Å²) in [6.45, 7) is 2.88. The van der Waals surface area contributed by atoms with Crippen LogP contribution in [0.25, 0.3) is 10.8 Å². The van der Waals surface area contributed by atoms with Gasteiger partial charge in [0, 0.05) is 21.8 Å². The highest BCUT2D eigenvalue weighted by atomic mass is 32.3. The summed E-state index contributed by atoms with van der Waals surface area (Å²) in [7, 11) is -2.11. The summed E-state index contributed by atoms with van der Waals surface area (Å²) in [4.78, 5) is 0.929. The Bertz CT molecular complexity index is 620. The molecule has 114 valence electrons. The Labute approximate surface area is 128 Å². The SMILES string of the molecule is CCCCOc1ccc(S2(F)CCCC2)c2ccccc12. The summed E-state index contributed by atoms with van der Waals surface area (Å²) >= 11 is 0. The summed E-state index contributed by atoms with van der Waals surface area (Å²) in [5.41, 5.74) is 0. The second kappa shape index (κ2) is 6.27. The lowest BCUT2D eigenvalue weighted by atomic mass is 10.1. The van der Waals surface area contributed by atoms with Crippen LogP contribution in [0.3, 0.4) is 0 Å². The van der Waals surface area contributed by atoms with Crippen molar-refractivity contribution in [3.05, 3.63) is 36.4 Å². The van der Waals surface area contributed by atoms with Gasteiger partial charge < -0.3 is 4.74 Å². The third-order valence-corrected chi connectivity index (χ3v) is 7.20. The molecule has 1 aliphatic rings. The summed E-state index contributed by atoms with van der Waals surface area (Å²) in [6.07, 6.45) is 4.21. The van der Waals surface area contributed by atoms with Crippen molar-refractivity contribution in [2.75, 3.05) is 18.1 Å². The van der Waals surface area contributed by atoms with Crippen LogP contribution in [0.5, 0.6) is 5.75 Å². The van der Waals surface area contributed by atoms with Gasteiger partial charge in [-0.1, -0.05) is 48.0 Å². The van der Waals surface area contributed by atoms with Crippen molar-refractivity contribution < 1.29 is 8.62 Å². The number of rotatable bonds is 5. The van der Waals surface area contributed by atoms with Gasteiger partial charge in [0.15, 0.2) is 0 Å². The Balaban J connectivity index is 2.02. The second-order valence-corrected chi connectivity index (χ2v) is 8.55. The lowest BCUT2D eigenvalue weighted by Crippen LogP contribution is -2.00. The van der Waals surface area contributed by atoms with Gasteiger partial charge in [0.1, 0.15) is 5.75 Å². The Hall–Kier alpha value is -1.22. The molecule has 1 nitrogen and oxygen atoms in total. The van der Waals surface area contributed by atoms with Crippen molar-refractivity contribution in [1.29, 1.82) is 0 Å². The van der Waals surface area contributed by atoms with E-state index in [1.165, 1.54) is 0 Å². The van der Waals surface area contributed by atoms with Gasteiger partial charge in [0.2, 0.25) is 0 Å². The largest absolute Gasteiger partial charge is 0.493 e. The van der Waals surface area contributed by atoms with E-state index in [1.54, 1.807) is 0 Å². The molecule has 1 aliphatic heterocycles. The molecule has 21 heavy (non-hydrogen) atoms. The minimum Gasteiger partial charge on any atom is -0.493 e. The first-order chi connectivity index (χ1) is 10.2. The predicted molar refractivity (Wildman–Crippen MR) is 90.3 cm³/mol. The van der Waals surface area contributed by atoms with Gasteiger partial charge in [-0.3, -0.25) is 0 Å². The molecule has 0 radical (unpaired) electrons. The first kappa shape index (κ1) is 14.7. The molecule has 2 aromatic rings. The zero-order valence-electron chi connectivity index (χ0n) is 12.6. The number of halogens is 1. The molecule has 0 aromatic heterocycles. The molecule has 0 unspecified atom stereocenters. The van der Waals surface area contributed by atoms with Crippen molar-refractivity contribution in [1.82, 2.24) is 0 Å². The number of fused-ring (bicyclic) bond motifs is 1. The number of benzene rings is 2. The molecular weight excluding hydrogens is 283 g/mol. The van der Waals surface area contributed by atoms with Crippen LogP contribution in [-0.2, 0) is 0 Å². The molecule has 2 aromatic carbocycles. The highest BCUT2D eigenvalue weighted by Crippen LogP contribution is 2.63. The van der Waals surface area contributed by atoms with Gasteiger partial charge in [-0.2, -0.15) is 3.89 Å². The molecule has 0 bridgehead atoms. The van der Waals surface area contributed by atoms with Crippen molar-refractivity contribution >= 4 is 21.2 Å². The van der Waals surface area contributed by atoms with Gasteiger partial charge in [0.05, 0.1) is 6.61 Å². The Morgan fingerprint density at radius 1 is 1.05 bits per heavy atom. The predicted octanol–water partition coefficient (Wildman–Crippen LogP) is 5.86. The molecule has 0 amide bonds. The smallest absolute Gasteiger partial charge is 0.127 e. The van der Waals surface area contributed by atoms with E-state index in [4.69, 9.17) is 4.74 Å². The molecule has 3 heteroatoms. The fraction of sp³-hybridized carbons (Fsp3) is 0.444. The normalized spacial score (nSPS) is 18.8. The van der Waals surface area contributed by atoms with Gasteiger partial charge in [-0.15, -0.1) is 0 Å². The molecule has 3 rings (SSSR count). The topological polar surface area (TPSA) is 9.23 Å². The quantitative estimate of drug-likeness (QED) is 0.629. The maximum atomic E-state index is 15.3. The maximum Gasteiger partial charge on any atom is 0.127 e. The highest BCUT2D eigenvalue weighted by Gasteiger charge is 2.31. The standard InChI is InChI=1S/C18H23FOS/c1-2-3-12-20-17-10-11-18(21(19)13-6-7-14-21)16-9-5-4-8-15(16)17/h4-5,8-11H,2-3,6-7,12-14H2,1H3. The van der Waals surface area contributed by atoms with Crippen molar-refractivity contribution in [3.63, 3.8) is 0 Å². The molecule has 0 atom stereocenters. The van der Waals surface area contributed by atoms with E-state index in [1.807, 2.05) is 30.3 Å². The van der Waals surface area contributed by atoms with E-state index in [0.717, 1.165) is 65.2 Å². The summed E-state index contributed by atoms with van der Waals surface area (Å²) in [5.74, 6) is 2.35. The zero-order chi connectivity index (χ0) is 14.7. The van der Waals surface area contributed by atoms with Crippen LogP contribution in [0.1, 0.15) is 32.6 Å². The monoisotopic (exact) mass is 306 g/mol. The zero-order valence-corrected chi connectivity index (χ0v) is 13.4. The number of ether oxygens (including phenoxy) is 1. The Kier molecular flexibility index (Phi) is 4.39. The van der Waals surface area contributed by atoms with E-state index in [2.05, 4.69) is 13.0 Å². The van der Waals surface area contributed by atoms with Crippen molar-refractivity contribution in [3.8, 4) is 5.75 Å². The second-order valence-electron chi connectivity index (χ2n) is 5.71. The van der Waals surface area contributed by atoms with E-state index < -0.39 is 10.4 Å². The first-order valence-corrected chi connectivity index (χ1v) is 9.75. The first-order valence-electron chi connectivity index (χ1n) is 7.87. The fourth-order valence-corrected chi connectivity index (χ4v) is 5.85. The van der Waals surface area contributed by atoms with Crippen LogP contribution in [0.15, 0.2) is 41.3 Å². The van der Waals surface area contributed by atoms with E-state index in [-0.39, 0.29) is 0 Å². The summed E-state index contributed by atoms with van der Waals surface area (Å²) in [6, 6.07) is 12.1. The molecule has 0 N–H and O–H groups in total. The fourth-order valence-electron chi connectivity index (χ4n) is 3.00. The summed E-state index contributed by atoms with van der Waals surface area (Å²) in [5, 5.41) is 2.11. The Morgan fingerprint density at radius 3 is 2.48 bits per heavy atom. The number of unbranched alkanes of at least 4 members (excludes halogenated alkanes) is 1. The lowest BCUT2D eigenvalue weighted by molar-refractivity contribution is 0.313. The maximum absolute atomic E-state index is 15.3. The van der Waals surface area contributed by atoms with E-state index in [0.29, 0.717) is 0 Å². The van der Waals surface area contributed by atoms with Crippen molar-refractivity contribution in [2.24, 2.45) is 0 Å². The molecule has 1 saturated heterocycles. The molecule has 1 fully saturated rings. The van der Waals surface area contributed by atoms with E-state index in [9.17, 15) is 0 Å². The van der Waals surface area contributed by atoms with Crippen LogP contribution in [0.2, 0.25) is 0 Å². The average Bonchev–Trinajstić information content (AvgIpc) is 2.95. The third-order valence-electron chi connectivity index (χ3n) is 4.18. The van der Waals surface area contributed by atoms with Crippen molar-refractivity contribution in [2.45, 2.75) is 37.5 Å². The number of hydrogen-bond acceptors (Lipinski definition) is 1. The average molecular weight is 306 g/mol. The minimum atomic E-state index is -2.11. The molecule has 0 saturated carbocycles. The van der Waals surface area contributed by atoms with E-state index >= 15 is 3.89 Å².